The highest BCUT2D eigenvalue weighted by Crippen LogP contribution is 2.27. The Morgan fingerprint density at radius 3 is 2.74 bits per heavy atom. The second kappa shape index (κ2) is 5.57. The van der Waals surface area contributed by atoms with Gasteiger partial charge in [0.1, 0.15) is 17.9 Å². The summed E-state index contributed by atoms with van der Waals surface area (Å²) in [5.41, 5.74) is 1.63. The predicted molar refractivity (Wildman–Crippen MR) is 75.2 cm³/mol. The van der Waals surface area contributed by atoms with Gasteiger partial charge in [0.2, 0.25) is 5.71 Å². The van der Waals surface area contributed by atoms with Gasteiger partial charge >= 0.3 is 0 Å². The van der Waals surface area contributed by atoms with Crippen LogP contribution in [0.4, 0.5) is 5.82 Å². The summed E-state index contributed by atoms with van der Waals surface area (Å²) in [5.74, 6) is 2.04. The van der Waals surface area contributed by atoms with Crippen LogP contribution in [-0.2, 0) is 0 Å². The van der Waals surface area contributed by atoms with Crippen LogP contribution in [-0.4, -0.2) is 27.7 Å². The Kier molecular flexibility index (Phi) is 4.04. The summed E-state index contributed by atoms with van der Waals surface area (Å²) in [4.78, 5) is 8.36. The van der Waals surface area contributed by atoms with E-state index in [9.17, 15) is 5.11 Å². The molecule has 2 rings (SSSR count). The Balaban J connectivity index is 2.17. The summed E-state index contributed by atoms with van der Waals surface area (Å²) in [5, 5.41) is 14.0. The molecule has 19 heavy (non-hydrogen) atoms. The van der Waals surface area contributed by atoms with E-state index in [1.807, 2.05) is 13.8 Å². The monoisotopic (exact) mass is 263 g/mol. The van der Waals surface area contributed by atoms with Crippen LogP contribution in [0.2, 0.25) is 0 Å². The highest BCUT2D eigenvalue weighted by Gasteiger charge is 2.14. The minimum absolute atomic E-state index is 0.377. The van der Waals surface area contributed by atoms with Crippen molar-refractivity contribution in [3.05, 3.63) is 17.7 Å². The average Bonchev–Trinajstić information content (AvgIpc) is 2.62. The van der Waals surface area contributed by atoms with Gasteiger partial charge in [-0.05, 0) is 26.2 Å². The third-order valence-corrected chi connectivity index (χ3v) is 3.21. The second-order valence-electron chi connectivity index (χ2n) is 5.35. The highest BCUT2D eigenvalue weighted by molar-refractivity contribution is 5.89. The Hall–Kier alpha value is -1.62. The van der Waals surface area contributed by atoms with Gasteiger partial charge in [-0.15, -0.1) is 0 Å². The number of hydrogen-bond acceptors (Lipinski definition) is 5. The number of furan rings is 1. The lowest BCUT2D eigenvalue weighted by Crippen LogP contribution is -2.21. The summed E-state index contributed by atoms with van der Waals surface area (Å²) in [6.07, 6.45) is 1.87. The molecule has 0 fully saturated rings. The summed E-state index contributed by atoms with van der Waals surface area (Å²) in [6.45, 7) is 8.56. The minimum Gasteiger partial charge on any atom is -0.443 e. The molecule has 0 aromatic carbocycles. The normalized spacial score (nSPS) is 13.2. The van der Waals surface area contributed by atoms with E-state index in [1.54, 1.807) is 0 Å². The Labute approximate surface area is 113 Å². The van der Waals surface area contributed by atoms with Gasteiger partial charge in [-0.25, -0.2) is 9.97 Å². The van der Waals surface area contributed by atoms with Crippen LogP contribution in [0.25, 0.3) is 11.1 Å². The van der Waals surface area contributed by atoms with E-state index < -0.39 is 0 Å². The Morgan fingerprint density at radius 1 is 1.32 bits per heavy atom. The molecule has 0 saturated heterocycles. The SMILES string of the molecule is Cc1oc2ncnc(NCC(O)CC(C)C)c2c1C. The van der Waals surface area contributed by atoms with Crippen LogP contribution in [0.1, 0.15) is 31.6 Å². The molecule has 0 spiro atoms. The van der Waals surface area contributed by atoms with E-state index >= 15 is 0 Å². The fourth-order valence-electron chi connectivity index (χ4n) is 2.16. The molecule has 0 aliphatic rings. The number of nitrogens with zero attached hydrogens (tertiary/aromatic N) is 2. The van der Waals surface area contributed by atoms with Crippen LogP contribution in [0.3, 0.4) is 0 Å². The van der Waals surface area contributed by atoms with Crippen molar-refractivity contribution in [3.8, 4) is 0 Å². The molecule has 0 amide bonds. The van der Waals surface area contributed by atoms with E-state index in [2.05, 4.69) is 29.1 Å². The molecule has 0 saturated carbocycles. The standard InChI is InChI=1S/C14H21N3O2/c1-8(2)5-11(18)6-15-13-12-9(3)10(4)19-14(12)17-7-16-13/h7-8,11,18H,5-6H2,1-4H3,(H,15,16,17). The number of aromatic nitrogens is 2. The van der Waals surface area contributed by atoms with E-state index in [0.29, 0.717) is 18.2 Å². The summed E-state index contributed by atoms with van der Waals surface area (Å²) in [7, 11) is 0. The maximum atomic E-state index is 9.90. The Morgan fingerprint density at radius 2 is 2.05 bits per heavy atom. The molecule has 2 aromatic heterocycles. The van der Waals surface area contributed by atoms with Gasteiger partial charge < -0.3 is 14.8 Å². The maximum Gasteiger partial charge on any atom is 0.231 e. The number of aliphatic hydroxyl groups excluding tert-OH is 1. The molecule has 5 nitrogen and oxygen atoms in total. The lowest BCUT2D eigenvalue weighted by atomic mass is 10.1. The van der Waals surface area contributed by atoms with E-state index in [-0.39, 0.29) is 6.10 Å². The molecule has 2 N–H and O–H groups in total. The Bertz CT molecular complexity index is 563. The van der Waals surface area contributed by atoms with Crippen LogP contribution in [0.15, 0.2) is 10.7 Å². The second-order valence-corrected chi connectivity index (χ2v) is 5.35. The molecule has 104 valence electrons. The zero-order valence-corrected chi connectivity index (χ0v) is 11.9. The predicted octanol–water partition coefficient (Wildman–Crippen LogP) is 2.66. The summed E-state index contributed by atoms with van der Waals surface area (Å²) >= 11 is 0. The van der Waals surface area contributed by atoms with Crippen molar-refractivity contribution in [1.82, 2.24) is 9.97 Å². The molecule has 0 aliphatic carbocycles. The van der Waals surface area contributed by atoms with E-state index in [1.165, 1.54) is 6.33 Å². The van der Waals surface area contributed by atoms with Crippen LogP contribution in [0.5, 0.6) is 0 Å². The fourth-order valence-corrected chi connectivity index (χ4v) is 2.16. The number of rotatable bonds is 5. The average molecular weight is 263 g/mol. The first-order chi connectivity index (χ1) is 8.99. The van der Waals surface area contributed by atoms with Gasteiger partial charge in [-0.1, -0.05) is 13.8 Å². The van der Waals surface area contributed by atoms with Gasteiger partial charge in [0.05, 0.1) is 11.5 Å². The number of aliphatic hydroxyl groups is 1. The van der Waals surface area contributed by atoms with Gasteiger partial charge in [-0.3, -0.25) is 0 Å². The first kappa shape index (κ1) is 13.8. The molecule has 1 unspecified atom stereocenters. The number of anilines is 1. The molecule has 5 heteroatoms. The molecular weight excluding hydrogens is 242 g/mol. The topological polar surface area (TPSA) is 71.2 Å². The van der Waals surface area contributed by atoms with Gasteiger partial charge in [0, 0.05) is 12.1 Å². The van der Waals surface area contributed by atoms with Gasteiger partial charge in [0.25, 0.3) is 0 Å². The summed E-state index contributed by atoms with van der Waals surface area (Å²) in [6, 6.07) is 0. The zero-order chi connectivity index (χ0) is 14.0. The molecule has 2 aromatic rings. The van der Waals surface area contributed by atoms with Gasteiger partial charge in [0.15, 0.2) is 0 Å². The zero-order valence-electron chi connectivity index (χ0n) is 11.9. The number of hydrogen-bond donors (Lipinski definition) is 2. The van der Waals surface area contributed by atoms with E-state index in [0.717, 1.165) is 28.9 Å². The van der Waals surface area contributed by atoms with Crippen molar-refractivity contribution in [2.45, 2.75) is 40.2 Å². The molecule has 0 bridgehead atoms. The molecule has 2 heterocycles. The first-order valence-corrected chi connectivity index (χ1v) is 6.61. The summed E-state index contributed by atoms with van der Waals surface area (Å²) < 4.78 is 5.56. The molecule has 1 atom stereocenters. The molecule has 0 aliphatic heterocycles. The lowest BCUT2D eigenvalue weighted by molar-refractivity contribution is 0.161. The smallest absolute Gasteiger partial charge is 0.231 e. The first-order valence-electron chi connectivity index (χ1n) is 6.61. The molecule has 0 radical (unpaired) electrons. The maximum absolute atomic E-state index is 9.90. The number of fused-ring (bicyclic) bond motifs is 1. The van der Waals surface area contributed by atoms with E-state index in [4.69, 9.17) is 4.42 Å². The van der Waals surface area contributed by atoms with Crippen molar-refractivity contribution in [2.75, 3.05) is 11.9 Å². The van der Waals surface area contributed by atoms with Crippen molar-refractivity contribution in [1.29, 1.82) is 0 Å². The third kappa shape index (κ3) is 3.04. The number of nitrogens with one attached hydrogen (secondary N) is 1. The van der Waals surface area contributed by atoms with Crippen LogP contribution >= 0.6 is 0 Å². The molecular formula is C14H21N3O2. The van der Waals surface area contributed by atoms with Crippen molar-refractivity contribution < 1.29 is 9.52 Å². The minimum atomic E-state index is -0.377. The fraction of sp³-hybridized carbons (Fsp3) is 0.571. The van der Waals surface area contributed by atoms with Crippen molar-refractivity contribution in [3.63, 3.8) is 0 Å². The quantitative estimate of drug-likeness (QED) is 0.867. The van der Waals surface area contributed by atoms with Gasteiger partial charge in [-0.2, -0.15) is 0 Å². The third-order valence-electron chi connectivity index (χ3n) is 3.21. The van der Waals surface area contributed by atoms with Crippen molar-refractivity contribution >= 4 is 16.9 Å². The largest absolute Gasteiger partial charge is 0.443 e. The highest BCUT2D eigenvalue weighted by atomic mass is 16.3. The lowest BCUT2D eigenvalue weighted by Gasteiger charge is -2.14. The van der Waals surface area contributed by atoms with Crippen LogP contribution < -0.4 is 5.32 Å². The number of aryl methyl sites for hydroxylation is 2. The van der Waals surface area contributed by atoms with Crippen molar-refractivity contribution in [2.24, 2.45) is 5.92 Å². The van der Waals surface area contributed by atoms with Crippen LogP contribution in [0, 0.1) is 19.8 Å².